The van der Waals surface area contributed by atoms with Crippen molar-refractivity contribution >= 4 is 23.4 Å². The second-order valence-electron chi connectivity index (χ2n) is 6.68. The summed E-state index contributed by atoms with van der Waals surface area (Å²) in [5, 5.41) is 22.5. The highest BCUT2D eigenvalue weighted by Crippen LogP contribution is 2.22. The lowest BCUT2D eigenvalue weighted by molar-refractivity contribution is -0.384. The zero-order valence-corrected chi connectivity index (χ0v) is 17.1. The standard InChI is InChI=1S/C20H21N5O3S/c1-13-7-8-17(9-14(13)2)24-12-21-23-20(24)29-11-19(26)22-15(3)16-5-4-6-18(10-16)25(27)28/h4-10,12,15H,11H2,1-3H3,(H,22,26). The van der Waals surface area contributed by atoms with E-state index in [2.05, 4.69) is 15.5 Å². The Balaban J connectivity index is 1.63. The van der Waals surface area contributed by atoms with Crippen LogP contribution in [0.4, 0.5) is 5.69 Å². The van der Waals surface area contributed by atoms with Gasteiger partial charge in [-0.05, 0) is 49.6 Å². The first kappa shape index (κ1) is 20.5. The monoisotopic (exact) mass is 411 g/mol. The van der Waals surface area contributed by atoms with Gasteiger partial charge in [-0.1, -0.05) is 30.0 Å². The highest BCUT2D eigenvalue weighted by molar-refractivity contribution is 7.99. The Morgan fingerprint density at radius 3 is 2.76 bits per heavy atom. The molecule has 29 heavy (non-hydrogen) atoms. The fourth-order valence-electron chi connectivity index (χ4n) is 2.78. The van der Waals surface area contributed by atoms with Crippen molar-refractivity contribution in [3.8, 4) is 5.69 Å². The van der Waals surface area contributed by atoms with Crippen molar-refractivity contribution in [3.05, 3.63) is 75.6 Å². The third-order valence-electron chi connectivity index (χ3n) is 4.58. The molecule has 1 heterocycles. The topological polar surface area (TPSA) is 103 Å². The van der Waals surface area contributed by atoms with Crippen LogP contribution in [0.25, 0.3) is 5.69 Å². The van der Waals surface area contributed by atoms with E-state index in [4.69, 9.17) is 0 Å². The maximum atomic E-state index is 12.4. The number of non-ortho nitro benzene ring substituents is 1. The van der Waals surface area contributed by atoms with Gasteiger partial charge in [0.2, 0.25) is 5.91 Å². The first-order valence-electron chi connectivity index (χ1n) is 8.99. The molecule has 9 heteroatoms. The molecule has 0 aliphatic heterocycles. The van der Waals surface area contributed by atoms with Crippen molar-refractivity contribution in [2.24, 2.45) is 0 Å². The Labute approximate surface area is 172 Å². The van der Waals surface area contributed by atoms with Gasteiger partial charge in [0.25, 0.3) is 5.69 Å². The Bertz CT molecular complexity index is 1050. The zero-order valence-electron chi connectivity index (χ0n) is 16.3. The molecule has 2 aromatic carbocycles. The molecule has 3 rings (SSSR count). The van der Waals surface area contributed by atoms with E-state index in [0.29, 0.717) is 10.7 Å². The SMILES string of the molecule is Cc1ccc(-n2cnnc2SCC(=O)NC(C)c2cccc([N+](=O)[O-])c2)cc1C. The Hall–Kier alpha value is -3.20. The molecule has 0 fully saturated rings. The van der Waals surface area contributed by atoms with Gasteiger partial charge in [-0.15, -0.1) is 10.2 Å². The number of thioether (sulfide) groups is 1. The molecule has 1 amide bonds. The minimum Gasteiger partial charge on any atom is -0.349 e. The lowest BCUT2D eigenvalue weighted by atomic mass is 10.1. The molecular formula is C20H21N5O3S. The van der Waals surface area contributed by atoms with Gasteiger partial charge >= 0.3 is 0 Å². The first-order chi connectivity index (χ1) is 13.8. The number of amides is 1. The van der Waals surface area contributed by atoms with Gasteiger partial charge in [-0.2, -0.15) is 0 Å². The lowest BCUT2D eigenvalue weighted by Gasteiger charge is -2.14. The number of nitro groups is 1. The van der Waals surface area contributed by atoms with E-state index in [1.54, 1.807) is 25.4 Å². The Morgan fingerprint density at radius 1 is 1.24 bits per heavy atom. The molecule has 150 valence electrons. The number of nitrogens with zero attached hydrogens (tertiary/aromatic N) is 4. The van der Waals surface area contributed by atoms with Gasteiger partial charge in [0.1, 0.15) is 6.33 Å². The van der Waals surface area contributed by atoms with Crippen LogP contribution < -0.4 is 5.32 Å². The number of rotatable bonds is 7. The number of nitro benzene ring substituents is 1. The molecule has 0 aliphatic rings. The van der Waals surface area contributed by atoms with Crippen molar-refractivity contribution in [1.82, 2.24) is 20.1 Å². The second kappa shape index (κ2) is 8.87. The summed E-state index contributed by atoms with van der Waals surface area (Å²) in [6.45, 7) is 5.88. The van der Waals surface area contributed by atoms with Gasteiger partial charge in [0.15, 0.2) is 5.16 Å². The van der Waals surface area contributed by atoms with Crippen molar-refractivity contribution in [1.29, 1.82) is 0 Å². The average Bonchev–Trinajstić information content (AvgIpc) is 3.17. The highest BCUT2D eigenvalue weighted by Gasteiger charge is 2.15. The summed E-state index contributed by atoms with van der Waals surface area (Å²) < 4.78 is 1.84. The van der Waals surface area contributed by atoms with Crippen LogP contribution in [-0.2, 0) is 4.79 Å². The van der Waals surface area contributed by atoms with Crippen LogP contribution in [0.1, 0.15) is 29.7 Å². The van der Waals surface area contributed by atoms with Gasteiger partial charge in [0.05, 0.1) is 16.7 Å². The number of nitrogens with one attached hydrogen (secondary N) is 1. The van der Waals surface area contributed by atoms with Crippen molar-refractivity contribution in [3.63, 3.8) is 0 Å². The molecule has 1 atom stereocenters. The third-order valence-corrected chi connectivity index (χ3v) is 5.52. The highest BCUT2D eigenvalue weighted by atomic mass is 32.2. The summed E-state index contributed by atoms with van der Waals surface area (Å²) >= 11 is 1.28. The number of hydrogen-bond acceptors (Lipinski definition) is 6. The van der Waals surface area contributed by atoms with E-state index in [1.807, 2.05) is 36.6 Å². The molecule has 0 saturated carbocycles. The van der Waals surface area contributed by atoms with Gasteiger partial charge < -0.3 is 5.32 Å². The summed E-state index contributed by atoms with van der Waals surface area (Å²) in [5.74, 6) is -0.0355. The normalized spacial score (nSPS) is 11.8. The number of benzene rings is 2. The van der Waals surface area contributed by atoms with Crippen LogP contribution in [0.15, 0.2) is 53.9 Å². The minimum absolute atomic E-state index is 0.000494. The molecule has 1 N–H and O–H groups in total. The number of carbonyl (C=O) groups is 1. The molecule has 1 aromatic heterocycles. The van der Waals surface area contributed by atoms with E-state index in [0.717, 1.165) is 11.3 Å². The van der Waals surface area contributed by atoms with Crippen molar-refractivity contribution < 1.29 is 9.72 Å². The fraction of sp³-hybridized carbons (Fsp3) is 0.250. The zero-order chi connectivity index (χ0) is 21.0. The summed E-state index contributed by atoms with van der Waals surface area (Å²) in [5.41, 5.74) is 3.97. The van der Waals surface area contributed by atoms with Gasteiger partial charge in [-0.25, -0.2) is 0 Å². The molecule has 0 saturated heterocycles. The van der Waals surface area contributed by atoms with E-state index < -0.39 is 4.92 Å². The first-order valence-corrected chi connectivity index (χ1v) is 9.98. The molecule has 1 unspecified atom stereocenters. The molecule has 0 bridgehead atoms. The summed E-state index contributed by atoms with van der Waals surface area (Å²) in [6.07, 6.45) is 1.62. The van der Waals surface area contributed by atoms with E-state index in [1.165, 1.54) is 29.5 Å². The van der Waals surface area contributed by atoms with Crippen molar-refractivity contribution in [2.45, 2.75) is 32.0 Å². The van der Waals surface area contributed by atoms with Crippen LogP contribution in [0.2, 0.25) is 0 Å². The fourth-order valence-corrected chi connectivity index (χ4v) is 3.52. The van der Waals surface area contributed by atoms with E-state index in [-0.39, 0.29) is 23.4 Å². The average molecular weight is 411 g/mol. The van der Waals surface area contributed by atoms with Crippen LogP contribution in [0.5, 0.6) is 0 Å². The smallest absolute Gasteiger partial charge is 0.269 e. The number of carbonyl (C=O) groups excluding carboxylic acids is 1. The second-order valence-corrected chi connectivity index (χ2v) is 7.62. The number of aromatic nitrogens is 3. The van der Waals surface area contributed by atoms with E-state index in [9.17, 15) is 14.9 Å². The minimum atomic E-state index is -0.451. The van der Waals surface area contributed by atoms with Gasteiger partial charge in [0, 0.05) is 17.8 Å². The molecule has 8 nitrogen and oxygen atoms in total. The largest absolute Gasteiger partial charge is 0.349 e. The van der Waals surface area contributed by atoms with Crippen LogP contribution in [-0.4, -0.2) is 31.3 Å². The predicted octanol–water partition coefficient (Wildman–Crippen LogP) is 3.76. The molecule has 0 aliphatic carbocycles. The lowest BCUT2D eigenvalue weighted by Crippen LogP contribution is -2.28. The van der Waals surface area contributed by atoms with E-state index >= 15 is 0 Å². The van der Waals surface area contributed by atoms with Crippen LogP contribution in [0, 0.1) is 24.0 Å². The number of aryl methyl sites for hydroxylation is 2. The van der Waals surface area contributed by atoms with Crippen LogP contribution >= 0.6 is 11.8 Å². The summed E-state index contributed by atoms with van der Waals surface area (Å²) in [6, 6.07) is 12.0. The molecule has 3 aromatic rings. The quantitative estimate of drug-likeness (QED) is 0.361. The Morgan fingerprint density at radius 2 is 2.03 bits per heavy atom. The Kier molecular flexibility index (Phi) is 6.28. The summed E-state index contributed by atoms with van der Waals surface area (Å²) in [7, 11) is 0. The molecule has 0 radical (unpaired) electrons. The summed E-state index contributed by atoms with van der Waals surface area (Å²) in [4.78, 5) is 22.8. The van der Waals surface area contributed by atoms with Crippen LogP contribution in [0.3, 0.4) is 0 Å². The predicted molar refractivity (Wildman–Crippen MR) is 111 cm³/mol. The van der Waals surface area contributed by atoms with Crippen molar-refractivity contribution in [2.75, 3.05) is 5.75 Å². The molecular weight excluding hydrogens is 390 g/mol. The number of hydrogen-bond donors (Lipinski definition) is 1. The maximum absolute atomic E-state index is 12.4. The molecule has 0 spiro atoms. The van der Waals surface area contributed by atoms with Gasteiger partial charge in [-0.3, -0.25) is 19.5 Å². The maximum Gasteiger partial charge on any atom is 0.269 e. The third kappa shape index (κ3) is 5.00.